The Morgan fingerprint density at radius 2 is 2.09 bits per heavy atom. The molecule has 1 aliphatic carbocycles. The van der Waals surface area contributed by atoms with Gasteiger partial charge in [0.25, 0.3) is 11.8 Å². The van der Waals surface area contributed by atoms with Gasteiger partial charge in [0, 0.05) is 18.6 Å². The van der Waals surface area contributed by atoms with Crippen LogP contribution in [0.15, 0.2) is 16.6 Å². The topological polar surface area (TPSA) is 83.8 Å². The molecule has 1 spiro atoms. The molecule has 2 fully saturated rings. The minimum atomic E-state index is -0.788. The molecule has 0 bridgehead atoms. The van der Waals surface area contributed by atoms with Crippen LogP contribution in [0.1, 0.15) is 32.1 Å². The quantitative estimate of drug-likeness (QED) is 0.816. The van der Waals surface area contributed by atoms with E-state index in [-0.39, 0.29) is 12.5 Å². The van der Waals surface area contributed by atoms with Gasteiger partial charge in [-0.2, -0.15) is 4.99 Å². The molecule has 22 heavy (non-hydrogen) atoms. The molecule has 8 heteroatoms. The predicted molar refractivity (Wildman–Crippen MR) is 79.9 cm³/mol. The summed E-state index contributed by atoms with van der Waals surface area (Å²) >= 11 is 1.33. The van der Waals surface area contributed by atoms with Crippen LogP contribution in [0.2, 0.25) is 0 Å². The fourth-order valence-electron chi connectivity index (χ4n) is 3.03. The summed E-state index contributed by atoms with van der Waals surface area (Å²) in [4.78, 5) is 42.1. The fraction of sp³-hybridized carbons (Fsp3) is 0.571. The number of amides is 4. The summed E-state index contributed by atoms with van der Waals surface area (Å²) in [5.74, 6) is -0.772. The van der Waals surface area contributed by atoms with E-state index in [0.717, 1.165) is 24.2 Å². The van der Waals surface area contributed by atoms with Crippen LogP contribution in [0.3, 0.4) is 0 Å². The van der Waals surface area contributed by atoms with Crippen molar-refractivity contribution in [3.05, 3.63) is 16.4 Å². The van der Waals surface area contributed by atoms with E-state index < -0.39 is 17.5 Å². The number of thiazole rings is 1. The lowest BCUT2D eigenvalue weighted by atomic mass is 9.82. The summed E-state index contributed by atoms with van der Waals surface area (Å²) in [6.07, 6.45) is 6.01. The lowest BCUT2D eigenvalue weighted by Crippen LogP contribution is -2.48. The van der Waals surface area contributed by atoms with Crippen LogP contribution in [0, 0.1) is 0 Å². The first-order chi connectivity index (χ1) is 10.5. The third kappa shape index (κ3) is 2.58. The van der Waals surface area contributed by atoms with Gasteiger partial charge in [-0.25, -0.2) is 4.79 Å². The zero-order valence-corrected chi connectivity index (χ0v) is 13.2. The zero-order valence-electron chi connectivity index (χ0n) is 12.4. The number of nitrogens with one attached hydrogen (secondary N) is 1. The Hall–Kier alpha value is -1.96. The third-order valence-electron chi connectivity index (χ3n) is 4.23. The molecule has 3 rings (SSSR count). The minimum absolute atomic E-state index is 0.281. The number of carbonyl (C=O) groups excluding carboxylic acids is 3. The van der Waals surface area contributed by atoms with Crippen molar-refractivity contribution >= 4 is 29.2 Å². The van der Waals surface area contributed by atoms with Crippen LogP contribution >= 0.6 is 11.3 Å². The summed E-state index contributed by atoms with van der Waals surface area (Å²) in [6.45, 7) is -0.301. The number of aryl methyl sites for hydroxylation is 1. The third-order valence-corrected chi connectivity index (χ3v) is 5.07. The van der Waals surface area contributed by atoms with Gasteiger partial charge in [0.2, 0.25) is 0 Å². The first-order valence-corrected chi connectivity index (χ1v) is 8.22. The van der Waals surface area contributed by atoms with Crippen LogP contribution in [0.5, 0.6) is 0 Å². The summed E-state index contributed by atoms with van der Waals surface area (Å²) in [6, 6.07) is -0.481. The summed E-state index contributed by atoms with van der Waals surface area (Å²) in [5.41, 5.74) is -0.788. The molecule has 0 unspecified atom stereocenters. The van der Waals surface area contributed by atoms with Gasteiger partial charge in [0.1, 0.15) is 12.1 Å². The standard InChI is InChI=1S/C14H18N4O3S/c1-17-7-8-22-13(17)15-10(19)9-18-11(20)14(16-12(18)21)5-3-2-4-6-14/h7-8H,2-6,9H2,1H3,(H,16,21). The van der Waals surface area contributed by atoms with Crippen LogP contribution < -0.4 is 10.1 Å². The van der Waals surface area contributed by atoms with E-state index in [9.17, 15) is 14.4 Å². The highest BCUT2D eigenvalue weighted by Crippen LogP contribution is 2.33. The van der Waals surface area contributed by atoms with E-state index in [0.29, 0.717) is 17.6 Å². The number of hydrogen-bond donors (Lipinski definition) is 1. The van der Waals surface area contributed by atoms with E-state index in [4.69, 9.17) is 0 Å². The Morgan fingerprint density at radius 3 is 2.73 bits per heavy atom. The highest BCUT2D eigenvalue weighted by atomic mass is 32.1. The largest absolute Gasteiger partial charge is 0.327 e. The second-order valence-electron chi connectivity index (χ2n) is 5.77. The van der Waals surface area contributed by atoms with Crippen LogP contribution in [0.25, 0.3) is 0 Å². The Bertz CT molecular complexity index is 684. The second kappa shape index (κ2) is 5.68. The van der Waals surface area contributed by atoms with E-state index in [1.54, 1.807) is 17.8 Å². The molecule has 1 aromatic rings. The molecule has 0 aromatic carbocycles. The average Bonchev–Trinajstić information content (AvgIpc) is 2.98. The van der Waals surface area contributed by atoms with Gasteiger partial charge in [-0.05, 0) is 12.8 Å². The van der Waals surface area contributed by atoms with Gasteiger partial charge in [-0.15, -0.1) is 11.3 Å². The van der Waals surface area contributed by atoms with Gasteiger partial charge in [0.05, 0.1) is 0 Å². The van der Waals surface area contributed by atoms with Crippen molar-refractivity contribution in [1.82, 2.24) is 14.8 Å². The Balaban J connectivity index is 1.75. The number of rotatable bonds is 2. The van der Waals surface area contributed by atoms with Crippen molar-refractivity contribution in [2.45, 2.75) is 37.6 Å². The number of urea groups is 1. The molecule has 1 saturated carbocycles. The second-order valence-corrected chi connectivity index (χ2v) is 6.64. The normalized spacial score (nSPS) is 21.5. The number of aromatic nitrogens is 1. The van der Waals surface area contributed by atoms with E-state index >= 15 is 0 Å². The molecule has 4 amide bonds. The first-order valence-electron chi connectivity index (χ1n) is 7.34. The maximum Gasteiger partial charge on any atom is 0.325 e. The molecule has 0 atom stereocenters. The number of hydrogen-bond acceptors (Lipinski definition) is 4. The maximum atomic E-state index is 12.5. The van der Waals surface area contributed by atoms with Gasteiger partial charge in [-0.3, -0.25) is 14.5 Å². The molecule has 0 radical (unpaired) electrons. The van der Waals surface area contributed by atoms with Crippen molar-refractivity contribution in [3.63, 3.8) is 0 Å². The van der Waals surface area contributed by atoms with E-state index in [1.807, 2.05) is 5.38 Å². The smallest absolute Gasteiger partial charge is 0.325 e. The SMILES string of the molecule is Cn1ccsc1=NC(=O)CN1C(=O)NC2(CCCCC2)C1=O. The molecular formula is C14H18N4O3S. The van der Waals surface area contributed by atoms with Crippen LogP contribution in [0.4, 0.5) is 4.79 Å². The molecule has 2 heterocycles. The Labute approximate surface area is 131 Å². The predicted octanol–water partition coefficient (Wildman–Crippen LogP) is 0.769. The number of imide groups is 1. The highest BCUT2D eigenvalue weighted by Gasteiger charge is 2.51. The summed E-state index contributed by atoms with van der Waals surface area (Å²) in [7, 11) is 1.79. The van der Waals surface area contributed by atoms with Crippen molar-refractivity contribution in [3.8, 4) is 0 Å². The van der Waals surface area contributed by atoms with Crippen molar-refractivity contribution < 1.29 is 14.4 Å². The zero-order chi connectivity index (χ0) is 15.7. The lowest BCUT2D eigenvalue weighted by Gasteiger charge is -2.30. The number of carbonyl (C=O) groups is 3. The average molecular weight is 322 g/mol. The Morgan fingerprint density at radius 1 is 1.36 bits per heavy atom. The lowest BCUT2D eigenvalue weighted by molar-refractivity contribution is -0.135. The van der Waals surface area contributed by atoms with E-state index in [1.165, 1.54) is 11.3 Å². The first kappa shape index (κ1) is 15.0. The van der Waals surface area contributed by atoms with Gasteiger partial charge in [0.15, 0.2) is 4.80 Å². The van der Waals surface area contributed by atoms with Crippen molar-refractivity contribution in [2.24, 2.45) is 12.0 Å². The van der Waals surface area contributed by atoms with Gasteiger partial charge >= 0.3 is 6.03 Å². The minimum Gasteiger partial charge on any atom is -0.327 e. The molecule has 1 saturated heterocycles. The van der Waals surface area contributed by atoms with Crippen LogP contribution in [-0.4, -0.2) is 39.4 Å². The molecule has 2 aliphatic rings. The summed E-state index contributed by atoms with van der Waals surface area (Å²) < 4.78 is 1.72. The van der Waals surface area contributed by atoms with E-state index in [2.05, 4.69) is 10.3 Å². The van der Waals surface area contributed by atoms with Crippen LogP contribution in [-0.2, 0) is 16.6 Å². The monoisotopic (exact) mass is 322 g/mol. The number of nitrogens with zero attached hydrogens (tertiary/aromatic N) is 3. The fourth-order valence-corrected chi connectivity index (χ4v) is 3.77. The molecule has 1 N–H and O–H groups in total. The van der Waals surface area contributed by atoms with Crippen molar-refractivity contribution in [2.75, 3.05) is 6.54 Å². The Kier molecular flexibility index (Phi) is 3.86. The highest BCUT2D eigenvalue weighted by molar-refractivity contribution is 7.07. The molecule has 1 aromatic heterocycles. The van der Waals surface area contributed by atoms with Gasteiger partial charge in [-0.1, -0.05) is 19.3 Å². The summed E-state index contributed by atoms with van der Waals surface area (Å²) in [5, 5.41) is 4.60. The van der Waals surface area contributed by atoms with Crippen molar-refractivity contribution in [1.29, 1.82) is 0 Å². The molecular weight excluding hydrogens is 304 g/mol. The van der Waals surface area contributed by atoms with Gasteiger partial charge < -0.3 is 9.88 Å². The molecule has 7 nitrogen and oxygen atoms in total. The maximum absolute atomic E-state index is 12.5. The molecule has 118 valence electrons. The molecule has 1 aliphatic heterocycles.